The SMILES string of the molecule is O.O=S(=O)([O-])C(F)(F)F.O=S(=O)([O-])C(F)(F)F.O=S(=O)([O-])C(F)(F)F.[Fe+3].[Fe+3].[OH-].c1ccc(CN(Cc2ccccn2)Cc2ccccn2)nc1.c1ccc(CN(Cc2ccccn2)Cc2ccccn2)nc1. The molecule has 0 aliphatic carbocycles. The van der Waals surface area contributed by atoms with Crippen LogP contribution in [-0.4, -0.2) is 106 Å². The predicted molar refractivity (Wildman–Crippen MR) is 224 cm³/mol. The maximum Gasteiger partial charge on any atom is 3.00 e. The fourth-order valence-corrected chi connectivity index (χ4v) is 4.66. The smallest absolute Gasteiger partial charge is 0.870 e. The van der Waals surface area contributed by atoms with Crippen molar-refractivity contribution in [2.45, 2.75) is 55.8 Å². The fourth-order valence-electron chi connectivity index (χ4n) is 4.66. The normalized spacial score (nSPS) is 11.2. The molecule has 6 heterocycles. The van der Waals surface area contributed by atoms with Gasteiger partial charge in [0.2, 0.25) is 0 Å². The van der Waals surface area contributed by atoms with E-state index in [9.17, 15) is 39.5 Å². The Morgan fingerprint density at radius 3 is 0.556 bits per heavy atom. The zero-order chi connectivity index (χ0) is 51.1. The summed E-state index contributed by atoms with van der Waals surface area (Å²) in [6.07, 6.45) is 11.0. The van der Waals surface area contributed by atoms with Gasteiger partial charge in [-0.1, -0.05) is 36.4 Å². The van der Waals surface area contributed by atoms with Crippen molar-refractivity contribution in [1.82, 2.24) is 39.7 Å². The molecule has 396 valence electrons. The molecule has 6 rings (SSSR count). The number of alkyl halides is 9. The summed E-state index contributed by atoms with van der Waals surface area (Å²) in [6.45, 7) is 4.63. The minimum absolute atomic E-state index is 0. The molecule has 0 atom stereocenters. The van der Waals surface area contributed by atoms with E-state index in [1.165, 1.54) is 0 Å². The number of nitrogens with zero attached hydrogens (tertiary/aromatic N) is 8. The molecule has 0 fully saturated rings. The minimum Gasteiger partial charge on any atom is -0.870 e. The van der Waals surface area contributed by atoms with Crippen LogP contribution >= 0.6 is 0 Å². The molecule has 0 bridgehead atoms. The molecular formula is C39H39F9Fe2N8O11S3+2. The molecule has 0 aliphatic heterocycles. The molecule has 6 aromatic rings. The number of halogens is 9. The molecule has 0 amide bonds. The first-order chi connectivity index (χ1) is 31.5. The van der Waals surface area contributed by atoms with Gasteiger partial charge in [0.25, 0.3) is 0 Å². The Balaban J connectivity index is -0.000000889. The van der Waals surface area contributed by atoms with Gasteiger partial charge < -0.3 is 24.6 Å². The molecule has 0 saturated carbocycles. The van der Waals surface area contributed by atoms with Crippen molar-refractivity contribution >= 4 is 30.4 Å². The molecule has 0 aromatic carbocycles. The molecule has 0 spiro atoms. The Morgan fingerprint density at radius 2 is 0.472 bits per heavy atom. The van der Waals surface area contributed by atoms with Crippen LogP contribution in [0.5, 0.6) is 0 Å². The molecule has 3 N–H and O–H groups in total. The van der Waals surface area contributed by atoms with E-state index in [0.29, 0.717) is 0 Å². The van der Waals surface area contributed by atoms with Gasteiger partial charge in [-0.2, -0.15) is 39.5 Å². The topological polar surface area (TPSA) is 317 Å². The van der Waals surface area contributed by atoms with E-state index in [2.05, 4.69) is 39.7 Å². The maximum absolute atomic E-state index is 10.7. The molecule has 33 heteroatoms. The van der Waals surface area contributed by atoms with E-state index < -0.39 is 46.9 Å². The Kier molecular flexibility index (Phi) is 33.2. The van der Waals surface area contributed by atoms with Crippen molar-refractivity contribution in [3.63, 3.8) is 0 Å². The van der Waals surface area contributed by atoms with Gasteiger partial charge in [-0.3, -0.25) is 39.7 Å². The monoisotopic (exact) mass is 1170 g/mol. The van der Waals surface area contributed by atoms with Crippen molar-refractivity contribution in [2.24, 2.45) is 0 Å². The fraction of sp³-hybridized carbons (Fsp3) is 0.231. The summed E-state index contributed by atoms with van der Waals surface area (Å²) in [7, 11) is -18.3. The third-order valence-electron chi connectivity index (χ3n) is 7.52. The summed E-state index contributed by atoms with van der Waals surface area (Å²) < 4.78 is 177. The van der Waals surface area contributed by atoms with E-state index in [4.69, 9.17) is 38.9 Å². The third kappa shape index (κ3) is 30.0. The Morgan fingerprint density at radius 1 is 0.347 bits per heavy atom. The Hall–Kier alpha value is -5.12. The van der Waals surface area contributed by atoms with Gasteiger partial charge in [0.15, 0.2) is 30.4 Å². The molecule has 0 unspecified atom stereocenters. The molecule has 2 radical (unpaired) electrons. The summed E-state index contributed by atoms with van der Waals surface area (Å²) >= 11 is 0. The van der Waals surface area contributed by atoms with Crippen molar-refractivity contribution in [3.05, 3.63) is 181 Å². The zero-order valence-corrected chi connectivity index (χ0v) is 40.8. The quantitative estimate of drug-likeness (QED) is 0.0650. The van der Waals surface area contributed by atoms with Gasteiger partial charge >= 0.3 is 50.7 Å². The van der Waals surface area contributed by atoms with Gasteiger partial charge in [0.1, 0.15) is 0 Å². The molecule has 0 aliphatic rings. The van der Waals surface area contributed by atoms with Crippen molar-refractivity contribution in [3.8, 4) is 0 Å². The number of pyridine rings is 6. The van der Waals surface area contributed by atoms with E-state index >= 15 is 0 Å². The standard InChI is InChI=1S/2C18H18N4.3CHF3O3S.2Fe.2H2O/c2*1-4-10-19-16(7-1)13-22(14-17-8-2-5-11-20-17)15-18-9-3-6-12-21-18;3*2-1(3,4)8(5,6)7;;;;/h2*1-12H,13-15H2;3*(H,5,6,7);;;2*1H2/q;;;;;2*+3;;/p-4. The summed E-state index contributed by atoms with van der Waals surface area (Å²) in [6, 6.07) is 36.0. The van der Waals surface area contributed by atoms with E-state index in [0.717, 1.165) is 73.4 Å². The van der Waals surface area contributed by atoms with Crippen LogP contribution in [0.2, 0.25) is 0 Å². The van der Waals surface area contributed by atoms with Gasteiger partial charge in [0.05, 0.1) is 34.2 Å². The first kappa shape index (κ1) is 71.1. The van der Waals surface area contributed by atoms with Crippen LogP contribution in [0.4, 0.5) is 39.5 Å². The van der Waals surface area contributed by atoms with Gasteiger partial charge in [0, 0.05) is 76.4 Å². The largest absolute Gasteiger partial charge is 3.00 e. The molecule has 0 saturated heterocycles. The summed E-state index contributed by atoms with van der Waals surface area (Å²) in [5, 5.41) is 0. The van der Waals surface area contributed by atoms with E-state index in [1.807, 2.05) is 146 Å². The average Bonchev–Trinajstić information content (AvgIpc) is 3.25. The van der Waals surface area contributed by atoms with E-state index in [-0.39, 0.29) is 45.1 Å². The molecular weight excluding hydrogens is 1140 g/mol. The Labute approximate surface area is 427 Å². The van der Waals surface area contributed by atoms with Crippen LogP contribution in [0.3, 0.4) is 0 Å². The first-order valence-electron chi connectivity index (χ1n) is 18.5. The molecule has 6 aromatic heterocycles. The van der Waals surface area contributed by atoms with Crippen LogP contribution in [0.25, 0.3) is 0 Å². The number of aromatic nitrogens is 6. The summed E-state index contributed by atoms with van der Waals surface area (Å²) in [4.78, 5) is 31.1. The minimum atomic E-state index is -6.09. The number of hydrogen-bond donors (Lipinski definition) is 0. The summed E-state index contributed by atoms with van der Waals surface area (Å²) in [5.74, 6) is 0. The third-order valence-corrected chi connectivity index (χ3v) is 9.22. The Bertz CT molecular complexity index is 2270. The van der Waals surface area contributed by atoms with Gasteiger partial charge in [-0.15, -0.1) is 0 Å². The molecule has 19 nitrogen and oxygen atoms in total. The van der Waals surface area contributed by atoms with Crippen LogP contribution in [0.1, 0.15) is 34.2 Å². The van der Waals surface area contributed by atoms with Crippen LogP contribution in [0, 0.1) is 0 Å². The van der Waals surface area contributed by atoms with Crippen LogP contribution in [-0.2, 0) is 104 Å². The van der Waals surface area contributed by atoms with Crippen LogP contribution < -0.4 is 0 Å². The predicted octanol–water partition coefficient (Wildman–Crippen LogP) is 5.30. The summed E-state index contributed by atoms with van der Waals surface area (Å²) in [5.41, 5.74) is -10.6. The van der Waals surface area contributed by atoms with Gasteiger partial charge in [-0.25, -0.2) is 25.3 Å². The van der Waals surface area contributed by atoms with Crippen LogP contribution in [0.15, 0.2) is 146 Å². The van der Waals surface area contributed by atoms with E-state index in [1.54, 1.807) is 0 Å². The second kappa shape index (κ2) is 33.6. The maximum atomic E-state index is 10.7. The zero-order valence-electron chi connectivity index (χ0n) is 36.1. The second-order valence-corrected chi connectivity index (χ2v) is 17.0. The second-order valence-electron chi connectivity index (χ2n) is 12.9. The molecule has 72 heavy (non-hydrogen) atoms. The van der Waals surface area contributed by atoms with Gasteiger partial charge in [-0.05, 0) is 72.8 Å². The number of rotatable bonds is 12. The first-order valence-corrected chi connectivity index (χ1v) is 22.7. The van der Waals surface area contributed by atoms with Crippen molar-refractivity contribution < 1.29 is 124 Å². The van der Waals surface area contributed by atoms with Crippen molar-refractivity contribution in [2.75, 3.05) is 0 Å². The average molecular weight is 1170 g/mol. The van der Waals surface area contributed by atoms with Crippen molar-refractivity contribution in [1.29, 1.82) is 0 Å². The number of hydrogen-bond acceptors (Lipinski definition) is 18.